The predicted molar refractivity (Wildman–Crippen MR) is 125 cm³/mol. The van der Waals surface area contributed by atoms with E-state index in [0.717, 1.165) is 95.6 Å². The van der Waals surface area contributed by atoms with Gasteiger partial charge in [0.15, 0.2) is 17.5 Å². The van der Waals surface area contributed by atoms with E-state index in [9.17, 15) is 0 Å². The Morgan fingerprint density at radius 1 is 1.13 bits per heavy atom. The standard InChI is InChI=1S/C24H41N3O4/c1-4-25-24(27-14-7-15-30-19-21-11-16-29-17-12-21)26-13-6-8-20-9-10-22(28-3)23(18-20)31-5-2/h9-10,18,21H,4-8,11-17,19H2,1-3H3,(H2,25,26,27). The molecule has 1 fully saturated rings. The van der Waals surface area contributed by atoms with Crippen molar-refractivity contribution in [3.8, 4) is 11.5 Å². The molecular weight excluding hydrogens is 394 g/mol. The van der Waals surface area contributed by atoms with Crippen LogP contribution in [0.5, 0.6) is 11.5 Å². The Morgan fingerprint density at radius 3 is 2.71 bits per heavy atom. The molecule has 1 aromatic rings. The second-order valence-electron chi connectivity index (χ2n) is 7.69. The van der Waals surface area contributed by atoms with Crippen LogP contribution in [-0.4, -0.2) is 65.7 Å². The van der Waals surface area contributed by atoms with Crippen molar-refractivity contribution >= 4 is 5.96 Å². The number of nitrogens with one attached hydrogen (secondary N) is 2. The van der Waals surface area contributed by atoms with Crippen molar-refractivity contribution in [3.05, 3.63) is 23.8 Å². The molecule has 1 saturated heterocycles. The van der Waals surface area contributed by atoms with Crippen molar-refractivity contribution in [1.29, 1.82) is 0 Å². The molecule has 0 aliphatic carbocycles. The van der Waals surface area contributed by atoms with Crippen LogP contribution >= 0.6 is 0 Å². The summed E-state index contributed by atoms with van der Waals surface area (Å²) in [6, 6.07) is 6.13. The van der Waals surface area contributed by atoms with Gasteiger partial charge in [-0.15, -0.1) is 0 Å². The summed E-state index contributed by atoms with van der Waals surface area (Å²) in [6.07, 6.45) is 5.15. The summed E-state index contributed by atoms with van der Waals surface area (Å²) in [5, 5.41) is 6.71. The molecule has 2 rings (SSSR count). The monoisotopic (exact) mass is 435 g/mol. The van der Waals surface area contributed by atoms with Gasteiger partial charge in [0, 0.05) is 46.1 Å². The van der Waals surface area contributed by atoms with Crippen molar-refractivity contribution in [2.75, 3.05) is 59.8 Å². The molecule has 1 heterocycles. The van der Waals surface area contributed by atoms with Crippen LogP contribution in [0.15, 0.2) is 23.2 Å². The van der Waals surface area contributed by atoms with Gasteiger partial charge in [0.05, 0.1) is 13.7 Å². The Labute approximate surface area is 187 Å². The lowest BCUT2D eigenvalue weighted by Gasteiger charge is -2.21. The Morgan fingerprint density at radius 2 is 1.97 bits per heavy atom. The van der Waals surface area contributed by atoms with Gasteiger partial charge in [0.1, 0.15) is 0 Å². The molecule has 0 saturated carbocycles. The maximum absolute atomic E-state index is 5.83. The zero-order valence-electron chi connectivity index (χ0n) is 19.6. The number of nitrogens with zero attached hydrogens (tertiary/aromatic N) is 1. The first-order valence-electron chi connectivity index (χ1n) is 11.7. The smallest absolute Gasteiger partial charge is 0.191 e. The summed E-state index contributed by atoms with van der Waals surface area (Å²) in [4.78, 5) is 4.70. The van der Waals surface area contributed by atoms with Crippen LogP contribution in [0.2, 0.25) is 0 Å². The van der Waals surface area contributed by atoms with E-state index in [4.69, 9.17) is 23.9 Å². The van der Waals surface area contributed by atoms with E-state index < -0.39 is 0 Å². The third-order valence-corrected chi connectivity index (χ3v) is 5.22. The largest absolute Gasteiger partial charge is 0.493 e. The summed E-state index contributed by atoms with van der Waals surface area (Å²) in [6.45, 7) is 10.6. The van der Waals surface area contributed by atoms with Gasteiger partial charge >= 0.3 is 0 Å². The molecule has 176 valence electrons. The molecule has 0 bridgehead atoms. The molecule has 2 N–H and O–H groups in total. The van der Waals surface area contributed by atoms with Crippen LogP contribution in [0, 0.1) is 5.92 Å². The lowest BCUT2D eigenvalue weighted by Crippen LogP contribution is -2.38. The van der Waals surface area contributed by atoms with Crippen molar-refractivity contribution < 1.29 is 18.9 Å². The number of hydrogen-bond acceptors (Lipinski definition) is 5. The Bertz CT molecular complexity index is 633. The number of ether oxygens (including phenoxy) is 4. The second kappa shape index (κ2) is 15.8. The molecule has 31 heavy (non-hydrogen) atoms. The fourth-order valence-corrected chi connectivity index (χ4v) is 3.50. The lowest BCUT2D eigenvalue weighted by molar-refractivity contribution is 0.0203. The van der Waals surface area contributed by atoms with Gasteiger partial charge in [-0.3, -0.25) is 4.99 Å². The molecule has 1 aromatic carbocycles. The minimum absolute atomic E-state index is 0.627. The van der Waals surface area contributed by atoms with E-state index >= 15 is 0 Å². The SMILES string of the molecule is CCNC(=NCCCc1ccc(OC)c(OCC)c1)NCCCOCC1CCOCC1. The van der Waals surface area contributed by atoms with E-state index in [1.54, 1.807) is 7.11 Å². The molecule has 1 aliphatic heterocycles. The average Bonchev–Trinajstić information content (AvgIpc) is 2.80. The summed E-state index contributed by atoms with van der Waals surface area (Å²) in [5.41, 5.74) is 1.24. The first-order valence-corrected chi connectivity index (χ1v) is 11.7. The van der Waals surface area contributed by atoms with Gasteiger partial charge in [-0.05, 0) is 69.6 Å². The van der Waals surface area contributed by atoms with Crippen LogP contribution < -0.4 is 20.1 Å². The quantitative estimate of drug-likeness (QED) is 0.265. The van der Waals surface area contributed by atoms with Gasteiger partial charge in [-0.25, -0.2) is 0 Å². The zero-order valence-corrected chi connectivity index (χ0v) is 19.6. The Balaban J connectivity index is 1.64. The highest BCUT2D eigenvalue weighted by molar-refractivity contribution is 5.79. The normalized spacial score (nSPS) is 15.0. The maximum Gasteiger partial charge on any atom is 0.191 e. The van der Waals surface area contributed by atoms with Crippen LogP contribution in [0.4, 0.5) is 0 Å². The molecule has 0 aromatic heterocycles. The van der Waals surface area contributed by atoms with Crippen LogP contribution in [0.25, 0.3) is 0 Å². The number of aliphatic imine (C=N–C) groups is 1. The first-order chi connectivity index (χ1) is 15.3. The molecule has 0 spiro atoms. The van der Waals surface area contributed by atoms with E-state index in [0.29, 0.717) is 12.5 Å². The highest BCUT2D eigenvalue weighted by Gasteiger charge is 2.13. The van der Waals surface area contributed by atoms with Gasteiger partial charge in [0.25, 0.3) is 0 Å². The lowest BCUT2D eigenvalue weighted by atomic mass is 10.0. The summed E-state index contributed by atoms with van der Waals surface area (Å²) in [5.74, 6) is 3.12. The van der Waals surface area contributed by atoms with E-state index in [1.807, 2.05) is 13.0 Å². The predicted octanol–water partition coefficient (Wildman–Crippen LogP) is 3.41. The maximum atomic E-state index is 5.83. The third-order valence-electron chi connectivity index (χ3n) is 5.22. The number of aryl methyl sites for hydroxylation is 1. The van der Waals surface area contributed by atoms with E-state index in [1.165, 1.54) is 5.56 Å². The molecule has 0 amide bonds. The van der Waals surface area contributed by atoms with Crippen molar-refractivity contribution in [2.24, 2.45) is 10.9 Å². The van der Waals surface area contributed by atoms with Crippen molar-refractivity contribution in [2.45, 2.75) is 46.0 Å². The van der Waals surface area contributed by atoms with Gasteiger partial charge < -0.3 is 29.6 Å². The number of hydrogen-bond donors (Lipinski definition) is 2. The summed E-state index contributed by atoms with van der Waals surface area (Å²) < 4.78 is 22.2. The van der Waals surface area contributed by atoms with E-state index in [2.05, 4.69) is 29.7 Å². The molecule has 0 unspecified atom stereocenters. The number of methoxy groups -OCH3 is 1. The summed E-state index contributed by atoms with van der Waals surface area (Å²) in [7, 11) is 1.67. The second-order valence-corrected chi connectivity index (χ2v) is 7.69. The molecule has 7 heteroatoms. The zero-order chi connectivity index (χ0) is 22.2. The minimum Gasteiger partial charge on any atom is -0.493 e. The highest BCUT2D eigenvalue weighted by atomic mass is 16.5. The van der Waals surface area contributed by atoms with Gasteiger partial charge in [0.2, 0.25) is 0 Å². The van der Waals surface area contributed by atoms with Gasteiger partial charge in [-0.2, -0.15) is 0 Å². The first kappa shape index (κ1) is 25.3. The molecule has 0 atom stereocenters. The highest BCUT2D eigenvalue weighted by Crippen LogP contribution is 2.28. The molecule has 0 radical (unpaired) electrons. The van der Waals surface area contributed by atoms with Crippen LogP contribution in [-0.2, 0) is 15.9 Å². The number of guanidine groups is 1. The Hall–Kier alpha value is -1.99. The van der Waals surface area contributed by atoms with Crippen LogP contribution in [0.1, 0.15) is 45.1 Å². The van der Waals surface area contributed by atoms with Crippen molar-refractivity contribution in [1.82, 2.24) is 10.6 Å². The van der Waals surface area contributed by atoms with Gasteiger partial charge in [-0.1, -0.05) is 6.07 Å². The molecule has 7 nitrogen and oxygen atoms in total. The molecular formula is C24H41N3O4. The van der Waals surface area contributed by atoms with E-state index in [-0.39, 0.29) is 0 Å². The fraction of sp³-hybridized carbons (Fsp3) is 0.708. The molecule has 1 aliphatic rings. The fourth-order valence-electron chi connectivity index (χ4n) is 3.50. The summed E-state index contributed by atoms with van der Waals surface area (Å²) >= 11 is 0. The number of benzene rings is 1. The third kappa shape index (κ3) is 10.2. The van der Waals surface area contributed by atoms with Crippen LogP contribution in [0.3, 0.4) is 0 Å². The number of rotatable bonds is 14. The topological polar surface area (TPSA) is 73.3 Å². The average molecular weight is 436 g/mol. The van der Waals surface area contributed by atoms with Crippen molar-refractivity contribution in [3.63, 3.8) is 0 Å². The Kier molecular flexibility index (Phi) is 12.8. The minimum atomic E-state index is 0.627.